The number of anilines is 1. The van der Waals surface area contributed by atoms with Crippen molar-refractivity contribution >= 4 is 17.6 Å². The molecule has 0 saturated carbocycles. The molecule has 0 radical (unpaired) electrons. The van der Waals surface area contributed by atoms with Gasteiger partial charge in [-0.2, -0.15) is 23.1 Å². The van der Waals surface area contributed by atoms with Crippen molar-refractivity contribution in [2.24, 2.45) is 0 Å². The van der Waals surface area contributed by atoms with E-state index in [2.05, 4.69) is 15.3 Å². The molecule has 0 saturated heterocycles. The van der Waals surface area contributed by atoms with E-state index in [0.29, 0.717) is 11.6 Å². The molecule has 0 aliphatic heterocycles. The molecule has 7 nitrogen and oxygen atoms in total. The van der Waals surface area contributed by atoms with Crippen LogP contribution in [0.3, 0.4) is 0 Å². The first-order valence-corrected chi connectivity index (χ1v) is 7.75. The van der Waals surface area contributed by atoms with E-state index < -0.39 is 41.6 Å². The van der Waals surface area contributed by atoms with Gasteiger partial charge in [-0.05, 0) is 44.5 Å². The van der Waals surface area contributed by atoms with Gasteiger partial charge >= 0.3 is 18.2 Å². The van der Waals surface area contributed by atoms with Crippen molar-refractivity contribution in [2.75, 3.05) is 5.32 Å². The van der Waals surface area contributed by atoms with Crippen LogP contribution in [-0.4, -0.2) is 33.1 Å². The molecule has 144 valence electrons. The molecule has 0 spiro atoms. The second-order valence-electron chi connectivity index (χ2n) is 5.87. The summed E-state index contributed by atoms with van der Waals surface area (Å²) in [4.78, 5) is 30.3. The first kappa shape index (κ1) is 20.1. The summed E-state index contributed by atoms with van der Waals surface area (Å²) < 4.78 is 44.1. The Morgan fingerprint density at radius 1 is 1.19 bits per heavy atom. The lowest BCUT2D eigenvalue weighted by atomic mass is 10.1. The third kappa shape index (κ3) is 5.16. The molecule has 0 aliphatic rings. The molecule has 0 atom stereocenters. The summed E-state index contributed by atoms with van der Waals surface area (Å²) in [6.07, 6.45) is -5.28. The van der Waals surface area contributed by atoms with E-state index in [1.165, 1.54) is 25.1 Å². The first-order valence-electron chi connectivity index (χ1n) is 7.75. The fourth-order valence-electron chi connectivity index (χ4n) is 2.13. The van der Waals surface area contributed by atoms with Gasteiger partial charge in [0.15, 0.2) is 5.69 Å². The van der Waals surface area contributed by atoms with Gasteiger partial charge in [0.05, 0.1) is 11.7 Å². The van der Waals surface area contributed by atoms with Crippen LogP contribution in [0.4, 0.5) is 18.9 Å². The van der Waals surface area contributed by atoms with Crippen LogP contribution in [0.15, 0.2) is 24.3 Å². The van der Waals surface area contributed by atoms with Crippen LogP contribution >= 0.6 is 0 Å². The number of amides is 1. The molecule has 1 heterocycles. The van der Waals surface area contributed by atoms with E-state index in [4.69, 9.17) is 9.84 Å². The molecule has 0 bridgehead atoms. The van der Waals surface area contributed by atoms with Crippen molar-refractivity contribution < 1.29 is 32.6 Å². The minimum Gasteiger partial charge on any atom is -0.478 e. The summed E-state index contributed by atoms with van der Waals surface area (Å²) in [6.45, 7) is 4.69. The predicted molar refractivity (Wildman–Crippen MR) is 88.9 cm³/mol. The van der Waals surface area contributed by atoms with Crippen molar-refractivity contribution in [3.05, 3.63) is 46.8 Å². The Morgan fingerprint density at radius 2 is 1.85 bits per heavy atom. The van der Waals surface area contributed by atoms with Crippen molar-refractivity contribution in [2.45, 2.75) is 33.1 Å². The Hall–Kier alpha value is -3.17. The van der Waals surface area contributed by atoms with Gasteiger partial charge in [-0.25, -0.2) is 4.79 Å². The number of halogens is 3. The molecule has 0 unspecified atom stereocenters. The standard InChI is InChI=1S/C17H16F3N3O4/c1-8(2)27-16-22-12(7-13(23-16)17(18,19)20)14(24)21-10-4-5-11(15(25)26)9(3)6-10/h4-8H,1-3H3,(H,21,24)(H,25,26). The third-order valence-electron chi connectivity index (χ3n) is 3.28. The number of aromatic nitrogens is 2. The Morgan fingerprint density at radius 3 is 2.37 bits per heavy atom. The minimum atomic E-state index is -4.78. The van der Waals surface area contributed by atoms with Gasteiger partial charge in [0.2, 0.25) is 0 Å². The second kappa shape index (κ2) is 7.60. The number of carbonyl (C=O) groups excluding carboxylic acids is 1. The highest BCUT2D eigenvalue weighted by Gasteiger charge is 2.34. The smallest absolute Gasteiger partial charge is 0.433 e. The van der Waals surface area contributed by atoms with Gasteiger partial charge in [0.1, 0.15) is 5.69 Å². The lowest BCUT2D eigenvalue weighted by molar-refractivity contribution is -0.141. The number of nitrogens with zero attached hydrogens (tertiary/aromatic N) is 2. The van der Waals surface area contributed by atoms with Crippen LogP contribution < -0.4 is 10.1 Å². The summed E-state index contributed by atoms with van der Waals surface area (Å²) in [5.41, 5.74) is -1.21. The summed E-state index contributed by atoms with van der Waals surface area (Å²) in [7, 11) is 0. The highest BCUT2D eigenvalue weighted by atomic mass is 19.4. The van der Waals surface area contributed by atoms with Crippen LogP contribution in [0, 0.1) is 6.92 Å². The molecule has 2 aromatic rings. The van der Waals surface area contributed by atoms with E-state index >= 15 is 0 Å². The minimum absolute atomic E-state index is 0.0435. The summed E-state index contributed by atoms with van der Waals surface area (Å²) >= 11 is 0. The Labute approximate surface area is 152 Å². The van der Waals surface area contributed by atoms with Crippen LogP contribution in [0.1, 0.15) is 46.0 Å². The number of carboxylic acid groups (broad SMARTS) is 1. The summed E-state index contributed by atoms with van der Waals surface area (Å²) in [6, 6.07) is 3.94. The number of carbonyl (C=O) groups is 2. The van der Waals surface area contributed by atoms with E-state index in [0.717, 1.165) is 0 Å². The van der Waals surface area contributed by atoms with Crippen molar-refractivity contribution in [1.29, 1.82) is 0 Å². The fourth-order valence-corrected chi connectivity index (χ4v) is 2.13. The molecule has 27 heavy (non-hydrogen) atoms. The SMILES string of the molecule is Cc1cc(NC(=O)c2cc(C(F)(F)F)nc(OC(C)C)n2)ccc1C(=O)O. The molecular formula is C17H16F3N3O4. The number of hydrogen-bond donors (Lipinski definition) is 2. The number of aromatic carboxylic acids is 1. The normalized spacial score (nSPS) is 11.4. The molecule has 1 amide bonds. The molecular weight excluding hydrogens is 367 g/mol. The molecule has 1 aromatic carbocycles. The number of hydrogen-bond acceptors (Lipinski definition) is 5. The van der Waals surface area contributed by atoms with E-state index in [9.17, 15) is 22.8 Å². The lowest BCUT2D eigenvalue weighted by Crippen LogP contribution is -2.19. The fraction of sp³-hybridized carbons (Fsp3) is 0.294. The van der Waals surface area contributed by atoms with Crippen molar-refractivity contribution in [3.8, 4) is 6.01 Å². The maximum Gasteiger partial charge on any atom is 0.433 e. The zero-order valence-corrected chi connectivity index (χ0v) is 14.6. The molecule has 10 heteroatoms. The zero-order valence-electron chi connectivity index (χ0n) is 14.6. The summed E-state index contributed by atoms with van der Waals surface area (Å²) in [5, 5.41) is 11.4. The quantitative estimate of drug-likeness (QED) is 0.819. The van der Waals surface area contributed by atoms with Crippen LogP contribution in [-0.2, 0) is 6.18 Å². The van der Waals surface area contributed by atoms with Crippen LogP contribution in [0.5, 0.6) is 6.01 Å². The van der Waals surface area contributed by atoms with E-state index in [-0.39, 0.29) is 11.3 Å². The van der Waals surface area contributed by atoms with E-state index in [1.54, 1.807) is 13.8 Å². The Kier molecular flexibility index (Phi) is 5.67. The zero-order chi connectivity index (χ0) is 20.4. The van der Waals surface area contributed by atoms with E-state index in [1.807, 2.05) is 0 Å². The topological polar surface area (TPSA) is 101 Å². The molecule has 2 rings (SSSR count). The Balaban J connectivity index is 2.34. The highest BCUT2D eigenvalue weighted by Crippen LogP contribution is 2.29. The number of ether oxygens (including phenoxy) is 1. The van der Waals surface area contributed by atoms with Gasteiger partial charge < -0.3 is 15.2 Å². The number of aryl methyl sites for hydroxylation is 1. The van der Waals surface area contributed by atoms with Gasteiger partial charge in [-0.1, -0.05) is 0 Å². The number of rotatable bonds is 5. The van der Waals surface area contributed by atoms with Crippen molar-refractivity contribution in [1.82, 2.24) is 9.97 Å². The highest BCUT2D eigenvalue weighted by molar-refractivity contribution is 6.03. The monoisotopic (exact) mass is 383 g/mol. The number of alkyl halides is 3. The molecule has 1 aromatic heterocycles. The van der Waals surface area contributed by atoms with Crippen molar-refractivity contribution in [3.63, 3.8) is 0 Å². The Bertz CT molecular complexity index is 882. The van der Waals surface area contributed by atoms with Gasteiger partial charge in [0, 0.05) is 11.8 Å². The average molecular weight is 383 g/mol. The molecule has 0 fully saturated rings. The number of nitrogens with one attached hydrogen (secondary N) is 1. The summed E-state index contributed by atoms with van der Waals surface area (Å²) in [5.74, 6) is -2.05. The maximum absolute atomic E-state index is 13.0. The van der Waals surface area contributed by atoms with Gasteiger partial charge in [0.25, 0.3) is 5.91 Å². The van der Waals surface area contributed by atoms with Crippen LogP contribution in [0.2, 0.25) is 0 Å². The third-order valence-corrected chi connectivity index (χ3v) is 3.28. The van der Waals surface area contributed by atoms with Crippen LogP contribution in [0.25, 0.3) is 0 Å². The average Bonchev–Trinajstić information content (AvgIpc) is 2.52. The lowest BCUT2D eigenvalue weighted by Gasteiger charge is -2.13. The maximum atomic E-state index is 13.0. The predicted octanol–water partition coefficient (Wildman–Crippen LogP) is 3.54. The largest absolute Gasteiger partial charge is 0.478 e. The first-order chi connectivity index (χ1) is 12.5. The van der Waals surface area contributed by atoms with Gasteiger partial charge in [-0.3, -0.25) is 4.79 Å². The second-order valence-corrected chi connectivity index (χ2v) is 5.87. The molecule has 2 N–H and O–H groups in total. The number of carboxylic acids is 1. The van der Waals surface area contributed by atoms with Gasteiger partial charge in [-0.15, -0.1) is 0 Å². The molecule has 0 aliphatic carbocycles. The number of benzene rings is 1.